The number of carbonyl (C=O) groups is 1. The minimum Gasteiger partial charge on any atom is -0.426 e. The molecular formula is C32H37NO3. The quantitative estimate of drug-likeness (QED) is 0.273. The molecule has 1 aliphatic heterocycles. The second-order valence-electron chi connectivity index (χ2n) is 9.82. The lowest BCUT2D eigenvalue weighted by molar-refractivity contribution is -0.137. The second kappa shape index (κ2) is 12.7. The summed E-state index contributed by atoms with van der Waals surface area (Å²) < 4.78 is 5.52. The van der Waals surface area contributed by atoms with Crippen molar-refractivity contribution in [2.45, 2.75) is 45.6 Å². The summed E-state index contributed by atoms with van der Waals surface area (Å²) in [6.45, 7) is 6.62. The maximum atomic E-state index is 12.0. The third-order valence-electron chi connectivity index (χ3n) is 6.85. The lowest BCUT2D eigenvalue weighted by atomic mass is 9.88. The molecule has 36 heavy (non-hydrogen) atoms. The molecule has 0 aromatic heterocycles. The third kappa shape index (κ3) is 6.71. The Balaban J connectivity index is 1.35. The molecule has 4 heteroatoms. The van der Waals surface area contributed by atoms with E-state index in [1.54, 1.807) is 6.07 Å². The zero-order chi connectivity index (χ0) is 25.3. The van der Waals surface area contributed by atoms with Gasteiger partial charge in [-0.05, 0) is 55.0 Å². The largest absolute Gasteiger partial charge is 0.426 e. The number of ether oxygens (including phenoxy) is 1. The molecule has 0 radical (unpaired) electrons. The maximum absolute atomic E-state index is 12.0. The van der Waals surface area contributed by atoms with Gasteiger partial charge in [0.1, 0.15) is 5.75 Å². The van der Waals surface area contributed by atoms with E-state index in [-0.39, 0.29) is 11.9 Å². The molecule has 1 atom stereocenters. The first-order valence-corrected chi connectivity index (χ1v) is 13.1. The van der Waals surface area contributed by atoms with Crippen molar-refractivity contribution in [3.05, 3.63) is 107 Å². The molecule has 3 aromatic carbocycles. The molecule has 0 saturated carbocycles. The van der Waals surface area contributed by atoms with Gasteiger partial charge in [-0.15, -0.1) is 0 Å². The fraction of sp³-hybridized carbons (Fsp3) is 0.344. The van der Waals surface area contributed by atoms with E-state index in [1.807, 2.05) is 32.0 Å². The van der Waals surface area contributed by atoms with Gasteiger partial charge < -0.3 is 14.7 Å². The van der Waals surface area contributed by atoms with Crippen molar-refractivity contribution in [3.8, 4) is 5.75 Å². The molecule has 188 valence electrons. The fourth-order valence-electron chi connectivity index (χ4n) is 4.82. The number of piperidine rings is 1. The molecule has 4 nitrogen and oxygen atoms in total. The first-order valence-electron chi connectivity index (χ1n) is 13.1. The van der Waals surface area contributed by atoms with Crippen LogP contribution in [0.5, 0.6) is 5.75 Å². The highest BCUT2D eigenvalue weighted by atomic mass is 16.5. The monoisotopic (exact) mass is 483 g/mol. The van der Waals surface area contributed by atoms with E-state index in [1.165, 1.54) is 22.3 Å². The average molecular weight is 484 g/mol. The van der Waals surface area contributed by atoms with Gasteiger partial charge in [0, 0.05) is 18.7 Å². The summed E-state index contributed by atoms with van der Waals surface area (Å²) in [5, 5.41) is 10.8. The number of para-hydroxylation sites is 1. The van der Waals surface area contributed by atoms with Crippen LogP contribution in [-0.2, 0) is 4.79 Å². The van der Waals surface area contributed by atoms with Gasteiger partial charge in [-0.3, -0.25) is 4.79 Å². The normalized spacial score (nSPS) is 15.1. The Kier molecular flexibility index (Phi) is 9.10. The Hall–Kier alpha value is -3.21. The summed E-state index contributed by atoms with van der Waals surface area (Å²) in [4.78, 5) is 14.5. The number of benzene rings is 3. The Morgan fingerprint density at radius 2 is 1.42 bits per heavy atom. The first kappa shape index (κ1) is 25.9. The van der Waals surface area contributed by atoms with Crippen LogP contribution in [0.3, 0.4) is 0 Å². The standard InChI is InChI=1S/C32H37NO3/c1-24(2)32(35)36-30-18-10-9-16-28(30)29(34)17-11-21-33-22-19-27(20-23-33)31(25-12-5-3-6-13-25)26-14-7-4-8-15-26/h3-10,12-16,18,24,29,34H,11,17,19-23H2,1-2H3. The van der Waals surface area contributed by atoms with Crippen molar-refractivity contribution < 1.29 is 14.6 Å². The SMILES string of the molecule is CC(C)C(=O)Oc1ccccc1C(O)CCCN1CCC(=C(c2ccccc2)c2ccccc2)CC1. The molecular weight excluding hydrogens is 446 g/mol. The van der Waals surface area contributed by atoms with Gasteiger partial charge in [-0.2, -0.15) is 0 Å². The number of hydrogen-bond donors (Lipinski definition) is 1. The number of esters is 1. The van der Waals surface area contributed by atoms with Gasteiger partial charge >= 0.3 is 5.97 Å². The molecule has 1 N–H and O–H groups in total. The molecule has 0 spiro atoms. The lowest BCUT2D eigenvalue weighted by Gasteiger charge is -2.30. The van der Waals surface area contributed by atoms with Crippen molar-refractivity contribution in [1.82, 2.24) is 4.90 Å². The zero-order valence-corrected chi connectivity index (χ0v) is 21.4. The van der Waals surface area contributed by atoms with Gasteiger partial charge in [-0.1, -0.05) is 98.3 Å². The topological polar surface area (TPSA) is 49.8 Å². The number of nitrogens with zero attached hydrogens (tertiary/aromatic N) is 1. The highest BCUT2D eigenvalue weighted by Crippen LogP contribution is 2.33. The van der Waals surface area contributed by atoms with Crippen LogP contribution >= 0.6 is 0 Å². The van der Waals surface area contributed by atoms with Crippen LogP contribution in [0.1, 0.15) is 62.3 Å². The van der Waals surface area contributed by atoms with E-state index < -0.39 is 6.10 Å². The van der Waals surface area contributed by atoms with Gasteiger partial charge in [0.25, 0.3) is 0 Å². The molecule has 0 aliphatic carbocycles. The zero-order valence-electron chi connectivity index (χ0n) is 21.4. The van der Waals surface area contributed by atoms with Crippen molar-refractivity contribution in [3.63, 3.8) is 0 Å². The molecule has 0 amide bonds. The average Bonchev–Trinajstić information content (AvgIpc) is 2.91. The molecule has 1 saturated heterocycles. The molecule has 4 rings (SSSR count). The predicted molar refractivity (Wildman–Crippen MR) is 146 cm³/mol. The van der Waals surface area contributed by atoms with Gasteiger partial charge in [0.05, 0.1) is 12.0 Å². The Morgan fingerprint density at radius 3 is 2.00 bits per heavy atom. The van der Waals surface area contributed by atoms with E-state index in [0.717, 1.165) is 38.9 Å². The fourth-order valence-corrected chi connectivity index (χ4v) is 4.82. The Labute approximate surface area is 215 Å². The smallest absolute Gasteiger partial charge is 0.313 e. The number of hydrogen-bond acceptors (Lipinski definition) is 4. The van der Waals surface area contributed by atoms with Crippen LogP contribution in [0.4, 0.5) is 0 Å². The van der Waals surface area contributed by atoms with E-state index in [9.17, 15) is 9.90 Å². The molecule has 1 fully saturated rings. The second-order valence-corrected chi connectivity index (χ2v) is 9.82. The van der Waals surface area contributed by atoms with Crippen LogP contribution in [-0.4, -0.2) is 35.6 Å². The summed E-state index contributed by atoms with van der Waals surface area (Å²) in [5.74, 6) is -0.0273. The summed E-state index contributed by atoms with van der Waals surface area (Å²) in [7, 11) is 0. The summed E-state index contributed by atoms with van der Waals surface area (Å²) >= 11 is 0. The number of carbonyl (C=O) groups excluding carboxylic acids is 1. The van der Waals surface area contributed by atoms with E-state index in [0.29, 0.717) is 17.7 Å². The predicted octanol–water partition coefficient (Wildman–Crippen LogP) is 6.66. The molecule has 1 unspecified atom stereocenters. The highest BCUT2D eigenvalue weighted by molar-refractivity contribution is 5.82. The van der Waals surface area contributed by atoms with Crippen molar-refractivity contribution >= 4 is 11.5 Å². The van der Waals surface area contributed by atoms with Crippen molar-refractivity contribution in [2.75, 3.05) is 19.6 Å². The van der Waals surface area contributed by atoms with Crippen LogP contribution in [0.15, 0.2) is 90.5 Å². The van der Waals surface area contributed by atoms with Crippen molar-refractivity contribution in [1.29, 1.82) is 0 Å². The minimum atomic E-state index is -0.649. The Bertz CT molecular complexity index is 1100. The third-order valence-corrected chi connectivity index (χ3v) is 6.85. The minimum absolute atomic E-state index is 0.211. The van der Waals surface area contributed by atoms with E-state index >= 15 is 0 Å². The van der Waals surface area contributed by atoms with Gasteiger partial charge in [0.15, 0.2) is 0 Å². The van der Waals surface area contributed by atoms with Gasteiger partial charge in [0.2, 0.25) is 0 Å². The Morgan fingerprint density at radius 1 is 0.861 bits per heavy atom. The van der Waals surface area contributed by atoms with Crippen LogP contribution in [0, 0.1) is 5.92 Å². The molecule has 1 aliphatic rings. The molecule has 1 heterocycles. The first-order chi connectivity index (χ1) is 17.5. The van der Waals surface area contributed by atoms with E-state index in [2.05, 4.69) is 65.6 Å². The number of aliphatic hydroxyl groups is 1. The summed E-state index contributed by atoms with van der Waals surface area (Å²) in [6.07, 6.45) is 2.97. The lowest BCUT2D eigenvalue weighted by Crippen LogP contribution is -2.32. The summed E-state index contributed by atoms with van der Waals surface area (Å²) in [6, 6.07) is 28.7. The number of aliphatic hydroxyl groups excluding tert-OH is 1. The number of rotatable bonds is 9. The van der Waals surface area contributed by atoms with Crippen LogP contribution in [0.2, 0.25) is 0 Å². The molecule has 3 aromatic rings. The molecule has 0 bridgehead atoms. The maximum Gasteiger partial charge on any atom is 0.313 e. The summed E-state index contributed by atoms with van der Waals surface area (Å²) in [5.41, 5.74) is 6.15. The number of likely N-dealkylation sites (tertiary alicyclic amines) is 1. The van der Waals surface area contributed by atoms with Crippen LogP contribution < -0.4 is 4.74 Å². The van der Waals surface area contributed by atoms with Crippen molar-refractivity contribution in [2.24, 2.45) is 5.92 Å². The van der Waals surface area contributed by atoms with Crippen LogP contribution in [0.25, 0.3) is 5.57 Å². The van der Waals surface area contributed by atoms with Gasteiger partial charge in [-0.25, -0.2) is 0 Å². The van der Waals surface area contributed by atoms with E-state index in [4.69, 9.17) is 4.74 Å². The highest BCUT2D eigenvalue weighted by Gasteiger charge is 2.20.